The molecule has 0 unspecified atom stereocenters. The van der Waals surface area contributed by atoms with Crippen molar-refractivity contribution in [2.24, 2.45) is 0 Å². The minimum absolute atomic E-state index is 0.261. The van der Waals surface area contributed by atoms with Crippen LogP contribution >= 0.6 is 0 Å². The predicted molar refractivity (Wildman–Crippen MR) is 55.5 cm³/mol. The molecule has 0 bridgehead atoms. The number of esters is 2. The fraction of sp³-hybridized carbons (Fsp3) is 0.700. The first kappa shape index (κ1) is 14.4. The molecule has 0 saturated heterocycles. The van der Waals surface area contributed by atoms with Crippen LogP contribution in [0.15, 0.2) is 0 Å². The molecule has 0 aromatic carbocycles. The Bertz CT molecular complexity index is 264. The lowest BCUT2D eigenvalue weighted by atomic mass is 10.3. The van der Waals surface area contributed by atoms with E-state index < -0.39 is 12.1 Å². The third-order valence-electron chi connectivity index (χ3n) is 1.64. The van der Waals surface area contributed by atoms with Crippen LogP contribution in [0.2, 0.25) is 0 Å². The van der Waals surface area contributed by atoms with Gasteiger partial charge in [-0.25, -0.2) is 0 Å². The molecule has 0 rings (SSSR count). The number of hydrogen-bond acceptors (Lipinski definition) is 5. The van der Waals surface area contributed by atoms with Crippen LogP contribution in [0.5, 0.6) is 0 Å². The van der Waals surface area contributed by atoms with Gasteiger partial charge in [0.05, 0.1) is 6.61 Å². The van der Waals surface area contributed by atoms with Gasteiger partial charge in [0.25, 0.3) is 5.91 Å². The molecule has 6 nitrogen and oxygen atoms in total. The fourth-order valence-corrected chi connectivity index (χ4v) is 0.946. The molecule has 0 aliphatic carbocycles. The highest BCUT2D eigenvalue weighted by Gasteiger charge is 2.14. The molecule has 0 saturated carbocycles. The first-order valence-electron chi connectivity index (χ1n) is 5.01. The minimum atomic E-state index is -0.800. The van der Waals surface area contributed by atoms with Crippen molar-refractivity contribution in [1.29, 1.82) is 0 Å². The lowest BCUT2D eigenvalue weighted by Crippen LogP contribution is -2.36. The van der Waals surface area contributed by atoms with Crippen molar-refractivity contribution in [2.45, 2.75) is 33.3 Å². The van der Waals surface area contributed by atoms with Crippen LogP contribution in [0.4, 0.5) is 0 Å². The fourth-order valence-electron chi connectivity index (χ4n) is 0.946. The van der Waals surface area contributed by atoms with Gasteiger partial charge < -0.3 is 14.8 Å². The average Bonchev–Trinajstić information content (AvgIpc) is 2.15. The van der Waals surface area contributed by atoms with Crippen LogP contribution in [-0.4, -0.2) is 37.1 Å². The number of carbonyl (C=O) groups is 3. The zero-order valence-electron chi connectivity index (χ0n) is 9.74. The molecular formula is C10H17NO5. The Kier molecular flexibility index (Phi) is 6.91. The van der Waals surface area contributed by atoms with E-state index in [9.17, 15) is 14.4 Å². The highest BCUT2D eigenvalue weighted by Crippen LogP contribution is 1.91. The van der Waals surface area contributed by atoms with Crippen LogP contribution in [0.25, 0.3) is 0 Å². The smallest absolute Gasteiger partial charge is 0.303 e. The summed E-state index contributed by atoms with van der Waals surface area (Å²) in [5.41, 5.74) is 0. The number of carbonyl (C=O) groups excluding carboxylic acids is 3. The van der Waals surface area contributed by atoms with Crippen molar-refractivity contribution < 1.29 is 23.9 Å². The van der Waals surface area contributed by atoms with Crippen LogP contribution in [0, 0.1) is 0 Å². The zero-order chi connectivity index (χ0) is 12.6. The summed E-state index contributed by atoms with van der Waals surface area (Å²) in [6, 6.07) is 0. The zero-order valence-corrected chi connectivity index (χ0v) is 9.74. The number of ether oxygens (including phenoxy) is 2. The topological polar surface area (TPSA) is 81.7 Å². The third-order valence-corrected chi connectivity index (χ3v) is 1.64. The molecule has 92 valence electrons. The van der Waals surface area contributed by atoms with Crippen molar-refractivity contribution >= 4 is 17.8 Å². The maximum absolute atomic E-state index is 11.3. The van der Waals surface area contributed by atoms with Gasteiger partial charge in [0.2, 0.25) is 0 Å². The van der Waals surface area contributed by atoms with E-state index in [1.807, 2.05) is 0 Å². The lowest BCUT2D eigenvalue weighted by Gasteiger charge is -2.11. The molecule has 16 heavy (non-hydrogen) atoms. The van der Waals surface area contributed by atoms with Crippen LogP contribution < -0.4 is 5.32 Å². The summed E-state index contributed by atoms with van der Waals surface area (Å²) >= 11 is 0. The number of amides is 1. The first-order valence-corrected chi connectivity index (χ1v) is 5.01. The van der Waals surface area contributed by atoms with Crippen molar-refractivity contribution in [1.82, 2.24) is 5.32 Å². The second-order valence-corrected chi connectivity index (χ2v) is 3.24. The average molecular weight is 231 g/mol. The first-order chi connectivity index (χ1) is 7.43. The van der Waals surface area contributed by atoms with Gasteiger partial charge in [0.15, 0.2) is 6.10 Å². The Hall–Kier alpha value is -1.59. The number of nitrogens with one attached hydrogen (secondary N) is 1. The van der Waals surface area contributed by atoms with E-state index in [0.717, 1.165) is 0 Å². The number of rotatable bonds is 6. The molecular weight excluding hydrogens is 214 g/mol. The van der Waals surface area contributed by atoms with Crippen molar-refractivity contribution in [3.63, 3.8) is 0 Å². The maximum Gasteiger partial charge on any atom is 0.303 e. The molecule has 1 atom stereocenters. The SMILES string of the molecule is CC(=O)OCCCNC(=O)[C@@H](C)OC(C)=O. The molecule has 0 aromatic heterocycles. The van der Waals surface area contributed by atoms with E-state index in [1.165, 1.54) is 20.8 Å². The Balaban J connectivity index is 3.57. The molecule has 0 radical (unpaired) electrons. The molecule has 1 N–H and O–H groups in total. The summed E-state index contributed by atoms with van der Waals surface area (Å²) in [4.78, 5) is 32.2. The van der Waals surface area contributed by atoms with E-state index in [4.69, 9.17) is 0 Å². The Morgan fingerprint density at radius 3 is 2.31 bits per heavy atom. The second kappa shape index (κ2) is 7.67. The summed E-state index contributed by atoms with van der Waals surface area (Å²) in [5, 5.41) is 2.55. The van der Waals surface area contributed by atoms with Crippen LogP contribution in [0.3, 0.4) is 0 Å². The minimum Gasteiger partial charge on any atom is -0.466 e. The van der Waals surface area contributed by atoms with Crippen LogP contribution in [-0.2, 0) is 23.9 Å². The van der Waals surface area contributed by atoms with E-state index >= 15 is 0 Å². The maximum atomic E-state index is 11.3. The van der Waals surface area contributed by atoms with E-state index in [1.54, 1.807) is 0 Å². The summed E-state index contributed by atoms with van der Waals surface area (Å²) in [5.74, 6) is -1.21. The summed E-state index contributed by atoms with van der Waals surface area (Å²) in [6.07, 6.45) is -0.274. The molecule has 0 heterocycles. The van der Waals surface area contributed by atoms with Gasteiger partial charge in [-0.15, -0.1) is 0 Å². The van der Waals surface area contributed by atoms with Gasteiger partial charge in [-0.2, -0.15) is 0 Å². The van der Waals surface area contributed by atoms with Gasteiger partial charge in [-0.3, -0.25) is 14.4 Å². The standard InChI is InChI=1S/C10H17NO5/c1-7(16-9(3)13)10(14)11-5-4-6-15-8(2)12/h7H,4-6H2,1-3H3,(H,11,14)/t7-/m1/s1. The Morgan fingerprint density at radius 1 is 1.19 bits per heavy atom. The predicted octanol–water partition coefficient (Wildman–Crippen LogP) is 0.00740. The Morgan fingerprint density at radius 2 is 1.81 bits per heavy atom. The van der Waals surface area contributed by atoms with Gasteiger partial charge in [-0.05, 0) is 13.3 Å². The molecule has 6 heteroatoms. The quantitative estimate of drug-likeness (QED) is 0.514. The Labute approximate surface area is 94.3 Å². The second-order valence-electron chi connectivity index (χ2n) is 3.24. The normalized spacial score (nSPS) is 11.4. The van der Waals surface area contributed by atoms with Crippen molar-refractivity contribution in [2.75, 3.05) is 13.2 Å². The largest absolute Gasteiger partial charge is 0.466 e. The van der Waals surface area contributed by atoms with Crippen LogP contribution in [0.1, 0.15) is 27.2 Å². The van der Waals surface area contributed by atoms with E-state index in [-0.39, 0.29) is 18.5 Å². The van der Waals surface area contributed by atoms with Crippen molar-refractivity contribution in [3.05, 3.63) is 0 Å². The molecule has 1 amide bonds. The lowest BCUT2D eigenvalue weighted by molar-refractivity contribution is -0.152. The molecule has 0 spiro atoms. The molecule has 0 fully saturated rings. The van der Waals surface area contributed by atoms with Crippen molar-refractivity contribution in [3.8, 4) is 0 Å². The summed E-state index contributed by atoms with van der Waals surface area (Å²) < 4.78 is 9.34. The molecule has 0 aliphatic rings. The highest BCUT2D eigenvalue weighted by atomic mass is 16.5. The third kappa shape index (κ3) is 7.78. The number of hydrogen-bond donors (Lipinski definition) is 1. The molecule has 0 aromatic rings. The molecule has 0 aliphatic heterocycles. The van der Waals surface area contributed by atoms with Gasteiger partial charge in [0, 0.05) is 20.4 Å². The summed E-state index contributed by atoms with van der Waals surface area (Å²) in [7, 11) is 0. The van der Waals surface area contributed by atoms with E-state index in [2.05, 4.69) is 14.8 Å². The van der Waals surface area contributed by atoms with E-state index in [0.29, 0.717) is 13.0 Å². The van der Waals surface area contributed by atoms with Gasteiger partial charge in [-0.1, -0.05) is 0 Å². The highest BCUT2D eigenvalue weighted by molar-refractivity contribution is 5.82. The monoisotopic (exact) mass is 231 g/mol. The van der Waals surface area contributed by atoms with Gasteiger partial charge >= 0.3 is 11.9 Å². The summed E-state index contributed by atoms with van der Waals surface area (Å²) in [6.45, 7) is 4.68. The van der Waals surface area contributed by atoms with Gasteiger partial charge in [0.1, 0.15) is 0 Å².